The first kappa shape index (κ1) is 16.7. The van der Waals surface area contributed by atoms with Crippen LogP contribution in [-0.4, -0.2) is 15.0 Å². The number of thiazole rings is 1. The van der Waals surface area contributed by atoms with E-state index in [0.717, 1.165) is 38.8 Å². The summed E-state index contributed by atoms with van der Waals surface area (Å²) in [7, 11) is 0. The Morgan fingerprint density at radius 3 is 2.39 bits per heavy atom. The molecule has 4 nitrogen and oxygen atoms in total. The van der Waals surface area contributed by atoms with Gasteiger partial charge in [-0.3, -0.25) is 0 Å². The second-order valence-electron chi connectivity index (χ2n) is 6.56. The molecule has 2 N–H and O–H groups in total. The summed E-state index contributed by atoms with van der Waals surface area (Å²) in [6.45, 7) is 0.716. The zero-order valence-corrected chi connectivity index (χ0v) is 15.9. The maximum Gasteiger partial charge on any atom is 0.201 e. The molecule has 0 saturated heterocycles. The molecule has 0 atom stereocenters. The van der Waals surface area contributed by atoms with Crippen LogP contribution in [0.1, 0.15) is 5.56 Å². The van der Waals surface area contributed by atoms with Gasteiger partial charge >= 0.3 is 0 Å². The van der Waals surface area contributed by atoms with E-state index in [2.05, 4.69) is 57.1 Å². The molecular weight excluding hydrogens is 364 g/mol. The second kappa shape index (κ2) is 7.29. The second-order valence-corrected chi connectivity index (χ2v) is 7.42. The highest BCUT2D eigenvalue weighted by Gasteiger charge is 2.07. The molecule has 0 radical (unpaired) electrons. The molecule has 0 saturated carbocycles. The third-order valence-electron chi connectivity index (χ3n) is 4.62. The van der Waals surface area contributed by atoms with E-state index in [1.165, 1.54) is 5.56 Å². The number of H-pyrrole nitrogens is 1. The van der Waals surface area contributed by atoms with Crippen LogP contribution in [0.5, 0.6) is 0 Å². The van der Waals surface area contributed by atoms with Gasteiger partial charge in [-0.2, -0.15) is 0 Å². The summed E-state index contributed by atoms with van der Waals surface area (Å²) in [5.41, 5.74) is 6.52. The van der Waals surface area contributed by atoms with Gasteiger partial charge < -0.3 is 10.3 Å². The Morgan fingerprint density at radius 2 is 1.57 bits per heavy atom. The SMILES string of the molecule is c1ccc(-c2csc(-c3ccc(CNc4nc5ccccc5[nH]4)cc3)n2)cc1. The zero-order valence-electron chi connectivity index (χ0n) is 15.1. The summed E-state index contributed by atoms with van der Waals surface area (Å²) in [6, 6.07) is 26.8. The van der Waals surface area contributed by atoms with Crippen molar-refractivity contribution in [2.45, 2.75) is 6.54 Å². The highest BCUT2D eigenvalue weighted by atomic mass is 32.1. The van der Waals surface area contributed by atoms with E-state index in [0.29, 0.717) is 6.54 Å². The first-order valence-corrected chi connectivity index (χ1v) is 10.0. The Labute approximate surface area is 166 Å². The highest BCUT2D eigenvalue weighted by Crippen LogP contribution is 2.29. The molecular formula is C23H18N4S. The van der Waals surface area contributed by atoms with E-state index in [9.17, 15) is 0 Å². The Bertz CT molecular complexity index is 1170. The number of nitrogens with zero attached hydrogens (tertiary/aromatic N) is 2. The predicted molar refractivity (Wildman–Crippen MR) is 116 cm³/mol. The molecule has 28 heavy (non-hydrogen) atoms. The van der Waals surface area contributed by atoms with Gasteiger partial charge in [0.05, 0.1) is 16.7 Å². The lowest BCUT2D eigenvalue weighted by Gasteiger charge is -2.04. The number of anilines is 1. The Morgan fingerprint density at radius 1 is 0.786 bits per heavy atom. The number of hydrogen-bond acceptors (Lipinski definition) is 4. The van der Waals surface area contributed by atoms with Crippen LogP contribution in [0.25, 0.3) is 32.9 Å². The maximum atomic E-state index is 4.79. The topological polar surface area (TPSA) is 53.6 Å². The fraction of sp³-hybridized carbons (Fsp3) is 0.0435. The van der Waals surface area contributed by atoms with Crippen molar-refractivity contribution in [1.82, 2.24) is 15.0 Å². The molecule has 2 aromatic heterocycles. The van der Waals surface area contributed by atoms with Crippen molar-refractivity contribution in [2.75, 3.05) is 5.32 Å². The number of aromatic nitrogens is 3. The van der Waals surface area contributed by atoms with Crippen molar-refractivity contribution < 1.29 is 0 Å². The van der Waals surface area contributed by atoms with Gasteiger partial charge in [-0.25, -0.2) is 9.97 Å². The van der Waals surface area contributed by atoms with Crippen molar-refractivity contribution >= 4 is 28.3 Å². The molecule has 0 unspecified atom stereocenters. The molecule has 0 aliphatic carbocycles. The van der Waals surface area contributed by atoms with Crippen molar-refractivity contribution in [1.29, 1.82) is 0 Å². The lowest BCUT2D eigenvalue weighted by Crippen LogP contribution is -2.00. The van der Waals surface area contributed by atoms with Gasteiger partial charge in [-0.1, -0.05) is 66.7 Å². The number of benzene rings is 3. The van der Waals surface area contributed by atoms with Crippen LogP contribution in [0.2, 0.25) is 0 Å². The van der Waals surface area contributed by atoms with Gasteiger partial charge in [-0.05, 0) is 17.7 Å². The van der Waals surface area contributed by atoms with Gasteiger partial charge in [0.15, 0.2) is 0 Å². The molecule has 0 fully saturated rings. The smallest absolute Gasteiger partial charge is 0.201 e. The number of rotatable bonds is 5. The Balaban J connectivity index is 1.28. The molecule has 5 aromatic rings. The molecule has 136 valence electrons. The lowest BCUT2D eigenvalue weighted by atomic mass is 10.1. The van der Waals surface area contributed by atoms with Crippen LogP contribution in [0.15, 0.2) is 84.2 Å². The van der Waals surface area contributed by atoms with Crippen molar-refractivity contribution in [3.8, 4) is 21.8 Å². The van der Waals surface area contributed by atoms with Crippen molar-refractivity contribution in [3.63, 3.8) is 0 Å². The van der Waals surface area contributed by atoms with Gasteiger partial charge in [-0.15, -0.1) is 11.3 Å². The fourth-order valence-electron chi connectivity index (χ4n) is 3.14. The molecule has 5 heteroatoms. The molecule has 0 spiro atoms. The molecule has 0 amide bonds. The third-order valence-corrected chi connectivity index (χ3v) is 5.52. The van der Waals surface area contributed by atoms with Crippen LogP contribution < -0.4 is 5.32 Å². The van der Waals surface area contributed by atoms with Crippen LogP contribution in [0.4, 0.5) is 5.95 Å². The quantitative estimate of drug-likeness (QED) is 0.394. The standard InChI is InChI=1S/C23H18N4S/c1-2-6-17(7-3-1)21-15-28-22(25-21)18-12-10-16(11-13-18)14-24-23-26-19-8-4-5-9-20(19)27-23/h1-13,15H,14H2,(H2,24,26,27). The number of aromatic amines is 1. The minimum Gasteiger partial charge on any atom is -0.352 e. The number of fused-ring (bicyclic) bond motifs is 1. The summed E-state index contributed by atoms with van der Waals surface area (Å²) in [6.07, 6.45) is 0. The summed E-state index contributed by atoms with van der Waals surface area (Å²) >= 11 is 1.67. The average Bonchev–Trinajstić information content (AvgIpc) is 3.40. The van der Waals surface area contributed by atoms with Crippen LogP contribution in [0, 0.1) is 0 Å². The molecule has 0 aliphatic heterocycles. The van der Waals surface area contributed by atoms with E-state index in [-0.39, 0.29) is 0 Å². The van der Waals surface area contributed by atoms with Crippen molar-refractivity contribution in [3.05, 3.63) is 89.8 Å². The van der Waals surface area contributed by atoms with Gasteiger partial charge in [0.1, 0.15) is 5.01 Å². The van der Waals surface area contributed by atoms with E-state index >= 15 is 0 Å². The molecule has 2 heterocycles. The molecule has 5 rings (SSSR count). The van der Waals surface area contributed by atoms with E-state index in [4.69, 9.17) is 4.98 Å². The summed E-state index contributed by atoms with van der Waals surface area (Å²) in [4.78, 5) is 12.6. The lowest BCUT2D eigenvalue weighted by molar-refractivity contribution is 1.10. The molecule has 0 bridgehead atoms. The van der Waals surface area contributed by atoms with Crippen LogP contribution >= 0.6 is 11.3 Å². The number of para-hydroxylation sites is 2. The number of nitrogens with one attached hydrogen (secondary N) is 2. The largest absolute Gasteiger partial charge is 0.352 e. The van der Waals surface area contributed by atoms with E-state index in [1.807, 2.05) is 42.5 Å². The number of imidazole rings is 1. The first-order chi connectivity index (χ1) is 13.8. The van der Waals surface area contributed by atoms with E-state index < -0.39 is 0 Å². The zero-order chi connectivity index (χ0) is 18.8. The monoisotopic (exact) mass is 382 g/mol. The van der Waals surface area contributed by atoms with E-state index in [1.54, 1.807) is 11.3 Å². The van der Waals surface area contributed by atoms with Crippen LogP contribution in [-0.2, 0) is 6.54 Å². The fourth-order valence-corrected chi connectivity index (χ4v) is 3.97. The minimum atomic E-state index is 0.716. The maximum absolute atomic E-state index is 4.79. The van der Waals surface area contributed by atoms with Gasteiger partial charge in [0, 0.05) is 23.1 Å². The van der Waals surface area contributed by atoms with Crippen molar-refractivity contribution in [2.24, 2.45) is 0 Å². The van der Waals surface area contributed by atoms with Crippen LogP contribution in [0.3, 0.4) is 0 Å². The van der Waals surface area contributed by atoms with Gasteiger partial charge in [0.2, 0.25) is 5.95 Å². The summed E-state index contributed by atoms with van der Waals surface area (Å²) in [5, 5.41) is 6.51. The average molecular weight is 382 g/mol. The minimum absolute atomic E-state index is 0.716. The van der Waals surface area contributed by atoms with Gasteiger partial charge in [0.25, 0.3) is 0 Å². The Hall–Kier alpha value is -3.44. The third kappa shape index (κ3) is 3.40. The molecule has 3 aromatic carbocycles. The predicted octanol–water partition coefficient (Wildman–Crippen LogP) is 5.97. The summed E-state index contributed by atoms with van der Waals surface area (Å²) < 4.78 is 0. The number of hydrogen-bond donors (Lipinski definition) is 2. The summed E-state index contributed by atoms with van der Waals surface area (Å²) in [5.74, 6) is 0.790. The Kier molecular flexibility index (Phi) is 4.35. The first-order valence-electron chi connectivity index (χ1n) is 9.14. The molecule has 0 aliphatic rings. The normalized spacial score (nSPS) is 11.0. The highest BCUT2D eigenvalue weighted by molar-refractivity contribution is 7.13.